The second kappa shape index (κ2) is 6.18. The van der Waals surface area contributed by atoms with Gasteiger partial charge in [0.15, 0.2) is 5.78 Å². The van der Waals surface area contributed by atoms with Gasteiger partial charge in [0.2, 0.25) is 0 Å². The van der Waals surface area contributed by atoms with Gasteiger partial charge in [0.1, 0.15) is 5.00 Å². The number of nitrogens with two attached hydrogens (primary N) is 1. The molecule has 1 aromatic heterocycles. The number of ether oxygens (including phenoxy) is 1. The Labute approximate surface area is 133 Å². The van der Waals surface area contributed by atoms with Crippen molar-refractivity contribution in [1.82, 2.24) is 0 Å². The fraction of sp³-hybridized carbons (Fsp3) is 0.667. The zero-order valence-corrected chi connectivity index (χ0v) is 14.1. The molecule has 1 heterocycles. The lowest BCUT2D eigenvalue weighted by Crippen LogP contribution is -2.29. The van der Waals surface area contributed by atoms with Crippen molar-refractivity contribution in [2.45, 2.75) is 49.1 Å². The van der Waals surface area contributed by atoms with Crippen molar-refractivity contribution in [3.8, 4) is 0 Å². The van der Waals surface area contributed by atoms with E-state index < -0.39 is 0 Å². The van der Waals surface area contributed by atoms with E-state index in [4.69, 9.17) is 10.5 Å². The van der Waals surface area contributed by atoms with E-state index in [-0.39, 0.29) is 17.8 Å². The monoisotopic (exact) mass is 326 g/mol. The Morgan fingerprint density at radius 3 is 2.76 bits per heavy atom. The predicted molar refractivity (Wildman–Crippen MR) is 89.6 cm³/mol. The van der Waals surface area contributed by atoms with E-state index in [1.165, 1.54) is 17.8 Å². The average Bonchev–Trinajstić information content (AvgIpc) is 3.16. The van der Waals surface area contributed by atoms with Gasteiger partial charge in [0.25, 0.3) is 0 Å². The third-order valence-corrected chi connectivity index (χ3v) is 6.46. The number of hydrogen-bond donors (Lipinski definition) is 2. The second-order valence-corrected chi connectivity index (χ2v) is 7.64. The molecule has 0 radical (unpaired) electrons. The molecule has 2 fully saturated rings. The Hall–Kier alpha value is -0.720. The van der Waals surface area contributed by atoms with Gasteiger partial charge in [0.05, 0.1) is 27.6 Å². The minimum absolute atomic E-state index is 0.215. The van der Waals surface area contributed by atoms with E-state index in [0.29, 0.717) is 11.7 Å². The summed E-state index contributed by atoms with van der Waals surface area (Å²) >= 11 is 3.14. The SMILES string of the molecule is COC1CCCC1Nc1sc(C(=O)C2CC2)c(N)c1SC. The first kappa shape index (κ1) is 15.2. The third kappa shape index (κ3) is 2.94. The van der Waals surface area contributed by atoms with Gasteiger partial charge >= 0.3 is 0 Å². The number of ketones is 1. The maximum absolute atomic E-state index is 12.3. The molecule has 0 spiro atoms. The lowest BCUT2D eigenvalue weighted by Gasteiger charge is -2.20. The molecular formula is C15H22N2O2S2. The van der Waals surface area contributed by atoms with Crippen LogP contribution in [0.4, 0.5) is 10.7 Å². The van der Waals surface area contributed by atoms with Gasteiger partial charge in [-0.2, -0.15) is 0 Å². The first-order valence-electron chi connectivity index (χ1n) is 7.45. The average molecular weight is 326 g/mol. The first-order valence-corrected chi connectivity index (χ1v) is 9.49. The van der Waals surface area contributed by atoms with Gasteiger partial charge in [-0.05, 0) is 38.4 Å². The van der Waals surface area contributed by atoms with Gasteiger partial charge in [0, 0.05) is 13.0 Å². The molecule has 2 unspecified atom stereocenters. The standard InChI is InChI=1S/C15H22N2O2S2/c1-19-10-5-3-4-9(10)17-15-14(20-2)11(16)13(21-15)12(18)8-6-7-8/h8-10,17H,3-7,16H2,1-2H3. The molecule has 2 aliphatic rings. The summed E-state index contributed by atoms with van der Waals surface area (Å²) in [6.07, 6.45) is 7.68. The van der Waals surface area contributed by atoms with E-state index >= 15 is 0 Å². The molecule has 2 atom stereocenters. The number of anilines is 2. The quantitative estimate of drug-likeness (QED) is 0.617. The first-order chi connectivity index (χ1) is 10.2. The number of thioether (sulfide) groups is 1. The largest absolute Gasteiger partial charge is 0.396 e. The Morgan fingerprint density at radius 2 is 2.14 bits per heavy atom. The van der Waals surface area contributed by atoms with Gasteiger partial charge in [-0.3, -0.25) is 4.79 Å². The minimum atomic E-state index is 0.215. The molecule has 0 aromatic carbocycles. The van der Waals surface area contributed by atoms with Crippen LogP contribution in [0.25, 0.3) is 0 Å². The Bertz CT molecular complexity index is 540. The third-order valence-electron chi connectivity index (χ3n) is 4.35. The molecule has 4 nitrogen and oxygen atoms in total. The lowest BCUT2D eigenvalue weighted by molar-refractivity contribution is 0.0972. The highest BCUT2D eigenvalue weighted by Crippen LogP contribution is 2.46. The number of hydrogen-bond acceptors (Lipinski definition) is 6. The zero-order valence-electron chi connectivity index (χ0n) is 12.5. The van der Waals surface area contributed by atoms with Crippen molar-refractivity contribution in [1.29, 1.82) is 0 Å². The summed E-state index contributed by atoms with van der Waals surface area (Å²) in [6.45, 7) is 0. The summed E-state index contributed by atoms with van der Waals surface area (Å²) in [7, 11) is 1.77. The van der Waals surface area contributed by atoms with Crippen molar-refractivity contribution in [2.24, 2.45) is 5.92 Å². The van der Waals surface area contributed by atoms with Crippen LogP contribution in [-0.4, -0.2) is 31.3 Å². The molecule has 3 rings (SSSR count). The van der Waals surface area contributed by atoms with Crippen LogP contribution in [0.3, 0.4) is 0 Å². The highest BCUT2D eigenvalue weighted by atomic mass is 32.2. The van der Waals surface area contributed by atoms with Crippen LogP contribution in [0.1, 0.15) is 41.8 Å². The molecule has 2 saturated carbocycles. The topological polar surface area (TPSA) is 64.3 Å². The van der Waals surface area contributed by atoms with Crippen LogP contribution < -0.4 is 11.1 Å². The predicted octanol–water partition coefficient (Wildman–Crippen LogP) is 3.62. The molecule has 3 N–H and O–H groups in total. The molecule has 21 heavy (non-hydrogen) atoms. The highest BCUT2D eigenvalue weighted by Gasteiger charge is 2.35. The number of carbonyl (C=O) groups is 1. The summed E-state index contributed by atoms with van der Waals surface area (Å²) in [6, 6.07) is 0.322. The Balaban J connectivity index is 1.83. The second-order valence-electron chi connectivity index (χ2n) is 5.80. The number of rotatable bonds is 6. The highest BCUT2D eigenvalue weighted by molar-refractivity contribution is 7.99. The van der Waals surface area contributed by atoms with Crippen LogP contribution in [-0.2, 0) is 4.74 Å². The molecule has 0 aliphatic heterocycles. The normalized spacial score (nSPS) is 25.2. The number of nitrogen functional groups attached to an aromatic ring is 1. The van der Waals surface area contributed by atoms with Gasteiger partial charge in [-0.25, -0.2) is 0 Å². The van der Waals surface area contributed by atoms with Crippen LogP contribution in [0, 0.1) is 5.92 Å². The Morgan fingerprint density at radius 1 is 1.38 bits per heavy atom. The summed E-state index contributed by atoms with van der Waals surface area (Å²) in [5.74, 6) is 0.447. The van der Waals surface area contributed by atoms with Crippen molar-refractivity contribution in [2.75, 3.05) is 24.4 Å². The van der Waals surface area contributed by atoms with E-state index in [1.54, 1.807) is 18.9 Å². The summed E-state index contributed by atoms with van der Waals surface area (Å²) in [4.78, 5) is 14.1. The molecule has 0 amide bonds. The van der Waals surface area contributed by atoms with Gasteiger partial charge in [-0.1, -0.05) is 0 Å². The maximum atomic E-state index is 12.3. The van der Waals surface area contributed by atoms with Crippen molar-refractivity contribution in [3.05, 3.63) is 4.88 Å². The van der Waals surface area contributed by atoms with Crippen molar-refractivity contribution < 1.29 is 9.53 Å². The number of nitrogens with one attached hydrogen (secondary N) is 1. The summed E-state index contributed by atoms with van der Waals surface area (Å²) in [5.41, 5.74) is 6.89. The van der Waals surface area contributed by atoms with Crippen LogP contribution >= 0.6 is 23.1 Å². The molecular weight excluding hydrogens is 304 g/mol. The Kier molecular flexibility index (Phi) is 4.47. The smallest absolute Gasteiger partial charge is 0.178 e. The van der Waals surface area contributed by atoms with E-state index in [9.17, 15) is 4.79 Å². The number of thiophene rings is 1. The van der Waals surface area contributed by atoms with Crippen LogP contribution in [0.2, 0.25) is 0 Å². The molecule has 2 aliphatic carbocycles. The molecule has 1 aromatic rings. The lowest BCUT2D eigenvalue weighted by atomic mass is 10.2. The fourth-order valence-electron chi connectivity index (χ4n) is 2.98. The van der Waals surface area contributed by atoms with Gasteiger partial charge in [-0.15, -0.1) is 23.1 Å². The fourth-order valence-corrected chi connectivity index (χ4v) is 5.08. The zero-order chi connectivity index (χ0) is 15.0. The molecule has 0 saturated heterocycles. The van der Waals surface area contributed by atoms with E-state index in [2.05, 4.69) is 5.32 Å². The number of carbonyl (C=O) groups excluding carboxylic acids is 1. The van der Waals surface area contributed by atoms with Crippen molar-refractivity contribution >= 4 is 39.6 Å². The van der Waals surface area contributed by atoms with Crippen LogP contribution in [0.5, 0.6) is 0 Å². The number of Topliss-reactive ketones (excluding diaryl/α,β-unsaturated/α-hetero) is 1. The van der Waals surface area contributed by atoms with Crippen molar-refractivity contribution in [3.63, 3.8) is 0 Å². The van der Waals surface area contributed by atoms with Crippen LogP contribution in [0.15, 0.2) is 4.90 Å². The molecule has 116 valence electrons. The van der Waals surface area contributed by atoms with E-state index in [1.807, 2.05) is 6.26 Å². The minimum Gasteiger partial charge on any atom is -0.396 e. The van der Waals surface area contributed by atoms with Gasteiger partial charge < -0.3 is 15.8 Å². The van der Waals surface area contributed by atoms with E-state index in [0.717, 1.165) is 40.5 Å². The number of methoxy groups -OCH3 is 1. The summed E-state index contributed by atoms with van der Waals surface area (Å²) < 4.78 is 5.54. The molecule has 6 heteroatoms. The molecule has 0 bridgehead atoms. The maximum Gasteiger partial charge on any atom is 0.178 e. The summed E-state index contributed by atoms with van der Waals surface area (Å²) in [5, 5.41) is 4.62.